The van der Waals surface area contributed by atoms with Crippen LogP contribution in [-0.2, 0) is 4.84 Å². The Bertz CT molecular complexity index is 328. The third-order valence-corrected chi connectivity index (χ3v) is 1.37. The van der Waals surface area contributed by atoms with E-state index in [1.165, 1.54) is 7.11 Å². The maximum Gasteiger partial charge on any atom is 0.277 e. The fourth-order valence-corrected chi connectivity index (χ4v) is 0.821. The number of rotatable bonds is 2. The first-order valence-electron chi connectivity index (χ1n) is 3.43. The molecule has 3 nitrogen and oxygen atoms in total. The number of halogens is 2. The zero-order valence-corrected chi connectivity index (χ0v) is 6.80. The SMILES string of the molecule is CONC(=O)c1ccc(F)cc1F. The summed E-state index contributed by atoms with van der Waals surface area (Å²) in [6.07, 6.45) is 0. The average Bonchev–Trinajstić information content (AvgIpc) is 2.04. The first kappa shape index (κ1) is 9.60. The molecular formula is C8H7F2NO2. The van der Waals surface area contributed by atoms with Gasteiger partial charge in [0.25, 0.3) is 5.91 Å². The summed E-state index contributed by atoms with van der Waals surface area (Å²) < 4.78 is 25.3. The molecule has 1 amide bonds. The number of benzene rings is 1. The normalized spacial score (nSPS) is 9.77. The van der Waals surface area contributed by atoms with E-state index in [1.807, 2.05) is 5.48 Å². The summed E-state index contributed by atoms with van der Waals surface area (Å²) in [6, 6.07) is 2.66. The van der Waals surface area contributed by atoms with E-state index in [0.29, 0.717) is 6.07 Å². The van der Waals surface area contributed by atoms with Crippen molar-refractivity contribution in [2.45, 2.75) is 0 Å². The molecule has 1 aromatic rings. The van der Waals surface area contributed by atoms with Crippen molar-refractivity contribution in [1.82, 2.24) is 5.48 Å². The van der Waals surface area contributed by atoms with Crippen molar-refractivity contribution in [1.29, 1.82) is 0 Å². The van der Waals surface area contributed by atoms with Crippen LogP contribution in [0.5, 0.6) is 0 Å². The summed E-state index contributed by atoms with van der Waals surface area (Å²) >= 11 is 0. The maximum atomic E-state index is 12.9. The van der Waals surface area contributed by atoms with E-state index >= 15 is 0 Å². The highest BCUT2D eigenvalue weighted by Crippen LogP contribution is 2.08. The minimum Gasteiger partial charge on any atom is -0.277 e. The number of hydroxylamine groups is 1. The fourth-order valence-electron chi connectivity index (χ4n) is 0.821. The molecule has 70 valence electrons. The van der Waals surface area contributed by atoms with Crippen LogP contribution in [0.4, 0.5) is 8.78 Å². The third-order valence-electron chi connectivity index (χ3n) is 1.37. The van der Waals surface area contributed by atoms with Crippen LogP contribution in [0, 0.1) is 11.6 Å². The summed E-state index contributed by atoms with van der Waals surface area (Å²) in [4.78, 5) is 15.3. The summed E-state index contributed by atoms with van der Waals surface area (Å²) in [6.45, 7) is 0. The second-order valence-electron chi connectivity index (χ2n) is 2.26. The van der Waals surface area contributed by atoms with Gasteiger partial charge >= 0.3 is 0 Å². The first-order chi connectivity index (χ1) is 6.15. The lowest BCUT2D eigenvalue weighted by molar-refractivity contribution is 0.0533. The van der Waals surface area contributed by atoms with Crippen molar-refractivity contribution >= 4 is 5.91 Å². The Hall–Kier alpha value is -1.49. The van der Waals surface area contributed by atoms with Crippen LogP contribution < -0.4 is 5.48 Å². The molecule has 0 saturated heterocycles. The van der Waals surface area contributed by atoms with Crippen LogP contribution in [-0.4, -0.2) is 13.0 Å². The zero-order chi connectivity index (χ0) is 9.84. The van der Waals surface area contributed by atoms with Gasteiger partial charge < -0.3 is 0 Å². The Morgan fingerprint density at radius 2 is 2.15 bits per heavy atom. The Morgan fingerprint density at radius 1 is 1.46 bits per heavy atom. The van der Waals surface area contributed by atoms with Crippen LogP contribution in [0.15, 0.2) is 18.2 Å². The van der Waals surface area contributed by atoms with Crippen molar-refractivity contribution in [2.24, 2.45) is 0 Å². The number of amides is 1. The highest BCUT2D eigenvalue weighted by molar-refractivity contribution is 5.93. The van der Waals surface area contributed by atoms with Crippen LogP contribution in [0.25, 0.3) is 0 Å². The minimum atomic E-state index is -0.922. The lowest BCUT2D eigenvalue weighted by Crippen LogP contribution is -2.22. The largest absolute Gasteiger partial charge is 0.277 e. The van der Waals surface area contributed by atoms with Gasteiger partial charge in [-0.05, 0) is 12.1 Å². The number of carbonyl (C=O) groups is 1. The molecule has 0 aliphatic carbocycles. The predicted molar refractivity (Wildman–Crippen MR) is 40.8 cm³/mol. The van der Waals surface area contributed by atoms with Gasteiger partial charge in [0.15, 0.2) is 0 Å². The standard InChI is InChI=1S/C8H7F2NO2/c1-13-11-8(12)6-3-2-5(9)4-7(6)10/h2-4H,1H3,(H,11,12). The summed E-state index contributed by atoms with van der Waals surface area (Å²) in [5.74, 6) is -2.40. The number of carbonyl (C=O) groups excluding carboxylic acids is 1. The van der Waals surface area contributed by atoms with Gasteiger partial charge in [-0.15, -0.1) is 0 Å². The smallest absolute Gasteiger partial charge is 0.277 e. The molecule has 13 heavy (non-hydrogen) atoms. The molecule has 1 N–H and O–H groups in total. The number of hydrogen-bond acceptors (Lipinski definition) is 2. The van der Waals surface area contributed by atoms with E-state index in [-0.39, 0.29) is 5.56 Å². The molecule has 0 fully saturated rings. The van der Waals surface area contributed by atoms with E-state index in [0.717, 1.165) is 12.1 Å². The Kier molecular flexibility index (Phi) is 2.92. The molecule has 0 aliphatic heterocycles. The number of hydrogen-bond donors (Lipinski definition) is 1. The zero-order valence-electron chi connectivity index (χ0n) is 6.80. The van der Waals surface area contributed by atoms with E-state index in [4.69, 9.17) is 0 Å². The fraction of sp³-hybridized carbons (Fsp3) is 0.125. The maximum absolute atomic E-state index is 12.9. The molecule has 0 heterocycles. The van der Waals surface area contributed by atoms with E-state index in [1.54, 1.807) is 0 Å². The van der Waals surface area contributed by atoms with E-state index < -0.39 is 17.5 Å². The van der Waals surface area contributed by atoms with Gasteiger partial charge in [-0.1, -0.05) is 0 Å². The molecular weight excluding hydrogens is 180 g/mol. The summed E-state index contributed by atoms with van der Waals surface area (Å²) in [7, 11) is 1.22. The molecule has 0 bridgehead atoms. The van der Waals surface area contributed by atoms with Crippen molar-refractivity contribution in [3.63, 3.8) is 0 Å². The van der Waals surface area contributed by atoms with Crippen LogP contribution in [0.1, 0.15) is 10.4 Å². The molecule has 0 unspecified atom stereocenters. The number of nitrogens with one attached hydrogen (secondary N) is 1. The second kappa shape index (κ2) is 3.95. The topological polar surface area (TPSA) is 38.3 Å². The quantitative estimate of drug-likeness (QED) is 0.708. The molecule has 0 radical (unpaired) electrons. The van der Waals surface area contributed by atoms with Gasteiger partial charge in [0.05, 0.1) is 12.7 Å². The highest BCUT2D eigenvalue weighted by atomic mass is 19.1. The van der Waals surface area contributed by atoms with Crippen molar-refractivity contribution in [2.75, 3.05) is 7.11 Å². The third kappa shape index (κ3) is 2.22. The molecule has 1 rings (SSSR count). The van der Waals surface area contributed by atoms with Crippen molar-refractivity contribution in [3.8, 4) is 0 Å². The Morgan fingerprint density at radius 3 is 2.69 bits per heavy atom. The summed E-state index contributed by atoms with van der Waals surface area (Å²) in [5, 5.41) is 0. The lowest BCUT2D eigenvalue weighted by Gasteiger charge is -2.02. The van der Waals surface area contributed by atoms with Gasteiger partial charge in [0.1, 0.15) is 11.6 Å². The van der Waals surface area contributed by atoms with E-state index in [2.05, 4.69) is 4.84 Å². The first-order valence-corrected chi connectivity index (χ1v) is 3.43. The Balaban J connectivity index is 2.95. The Labute approximate surface area is 73.3 Å². The molecule has 0 aromatic heterocycles. The van der Waals surface area contributed by atoms with E-state index in [9.17, 15) is 13.6 Å². The van der Waals surface area contributed by atoms with Gasteiger partial charge in [0, 0.05) is 6.07 Å². The molecule has 5 heteroatoms. The molecule has 1 aromatic carbocycles. The average molecular weight is 187 g/mol. The monoisotopic (exact) mass is 187 g/mol. The van der Waals surface area contributed by atoms with Gasteiger partial charge in [0.2, 0.25) is 0 Å². The predicted octanol–water partition coefficient (Wildman–Crippen LogP) is 1.26. The molecule has 0 spiro atoms. The van der Waals surface area contributed by atoms with Crippen molar-refractivity contribution < 1.29 is 18.4 Å². The molecule has 0 atom stereocenters. The summed E-state index contributed by atoms with van der Waals surface area (Å²) in [5.41, 5.74) is 1.66. The van der Waals surface area contributed by atoms with Crippen molar-refractivity contribution in [3.05, 3.63) is 35.4 Å². The van der Waals surface area contributed by atoms with Crippen LogP contribution in [0.3, 0.4) is 0 Å². The van der Waals surface area contributed by atoms with Crippen LogP contribution >= 0.6 is 0 Å². The highest BCUT2D eigenvalue weighted by Gasteiger charge is 2.11. The lowest BCUT2D eigenvalue weighted by atomic mass is 10.2. The molecule has 0 saturated carbocycles. The molecule has 0 aliphatic rings. The van der Waals surface area contributed by atoms with Gasteiger partial charge in [-0.25, -0.2) is 14.3 Å². The van der Waals surface area contributed by atoms with Gasteiger partial charge in [-0.3, -0.25) is 9.63 Å². The minimum absolute atomic E-state index is 0.261. The second-order valence-corrected chi connectivity index (χ2v) is 2.26. The van der Waals surface area contributed by atoms with Crippen LogP contribution in [0.2, 0.25) is 0 Å². The van der Waals surface area contributed by atoms with Gasteiger partial charge in [-0.2, -0.15) is 0 Å².